The van der Waals surface area contributed by atoms with Gasteiger partial charge < -0.3 is 15.7 Å². The highest BCUT2D eigenvalue weighted by atomic mass is 32.1. The van der Waals surface area contributed by atoms with Crippen LogP contribution in [-0.4, -0.2) is 29.3 Å². The highest BCUT2D eigenvalue weighted by Gasteiger charge is 2.42. The van der Waals surface area contributed by atoms with E-state index in [0.29, 0.717) is 11.1 Å². The van der Waals surface area contributed by atoms with Crippen molar-refractivity contribution < 1.29 is 14.7 Å². The van der Waals surface area contributed by atoms with Crippen LogP contribution >= 0.6 is 12.2 Å². The van der Waals surface area contributed by atoms with Crippen molar-refractivity contribution in [3.05, 3.63) is 47.0 Å². The number of allylic oxidation sites excluding steroid dienone is 1. The van der Waals surface area contributed by atoms with Gasteiger partial charge in [-0.15, -0.1) is 0 Å². The Balaban J connectivity index is 3.59. The van der Waals surface area contributed by atoms with Gasteiger partial charge in [0.25, 0.3) is 0 Å². The Morgan fingerprint density at radius 1 is 1.36 bits per heavy atom. The van der Waals surface area contributed by atoms with Gasteiger partial charge in [0, 0.05) is 22.4 Å². The minimum atomic E-state index is -0.601. The highest BCUT2D eigenvalue weighted by Crippen LogP contribution is 2.39. The van der Waals surface area contributed by atoms with Crippen LogP contribution in [0.5, 0.6) is 0 Å². The van der Waals surface area contributed by atoms with Crippen LogP contribution in [0.1, 0.15) is 56.1 Å². The van der Waals surface area contributed by atoms with E-state index in [4.69, 9.17) is 22.7 Å². The molecule has 0 amide bonds. The number of esters is 1. The molecule has 25 heavy (non-hydrogen) atoms. The first-order chi connectivity index (χ1) is 11.5. The molecule has 0 aromatic heterocycles. The Morgan fingerprint density at radius 3 is 2.40 bits per heavy atom. The summed E-state index contributed by atoms with van der Waals surface area (Å²) in [6.07, 6.45) is 3.96. The van der Waals surface area contributed by atoms with Crippen molar-refractivity contribution >= 4 is 23.2 Å². The van der Waals surface area contributed by atoms with Gasteiger partial charge in [-0.2, -0.15) is 0 Å². The molecule has 0 aliphatic heterocycles. The summed E-state index contributed by atoms with van der Waals surface area (Å²) in [5.41, 5.74) is 8.87. The third-order valence-corrected chi connectivity index (χ3v) is 4.83. The van der Waals surface area contributed by atoms with Gasteiger partial charge in [-0.05, 0) is 18.6 Å². The topological polar surface area (TPSA) is 84.6 Å². The average Bonchev–Trinajstić information content (AvgIpc) is 2.53. The van der Waals surface area contributed by atoms with Crippen molar-refractivity contribution in [2.24, 2.45) is 11.1 Å². The second-order valence-electron chi connectivity index (χ2n) is 7.22. The summed E-state index contributed by atoms with van der Waals surface area (Å²) in [6.45, 7) is 9.90. The first-order valence-electron chi connectivity index (χ1n) is 8.09. The largest absolute Gasteiger partial charge is 0.465 e. The third kappa shape index (κ3) is 4.45. The molecule has 1 rings (SSSR count). The molecule has 0 heterocycles. The van der Waals surface area contributed by atoms with Crippen LogP contribution < -0.4 is 11.2 Å². The van der Waals surface area contributed by atoms with Gasteiger partial charge in [0.05, 0.1) is 12.7 Å². The molecule has 1 aromatic rings. The predicted octanol–water partition coefficient (Wildman–Crippen LogP) is 3.33. The number of carbonyl (C=O) groups is 1. The number of hydrogen-bond acceptors (Lipinski definition) is 5. The molecule has 0 aliphatic rings. The molecule has 138 valence electrons. The summed E-state index contributed by atoms with van der Waals surface area (Å²) >= 11 is 5.01. The lowest BCUT2D eigenvalue weighted by atomic mass is 9.66. The molecule has 0 radical (unpaired) electrons. The maximum absolute atomic E-state index is 12.3. The van der Waals surface area contributed by atoms with Crippen LogP contribution in [0.15, 0.2) is 30.4 Å². The summed E-state index contributed by atoms with van der Waals surface area (Å²) < 4.78 is 4.93. The minimum absolute atomic E-state index is 0.209. The van der Waals surface area contributed by atoms with Crippen LogP contribution in [0.4, 0.5) is 0 Å². The maximum Gasteiger partial charge on any atom is 0.338 e. The standard InChI is InChI=1S/C19H28N2O3S/c1-7-10-18(2,3)17(21-23)19(4,5)14-9-8-12(15(20)25)11-13(14)16(22)24-6/h7-11,17,21,23H,1-6H3,(H2,20,25). The Bertz CT molecular complexity index is 681. The van der Waals surface area contributed by atoms with Crippen molar-refractivity contribution in [2.45, 2.75) is 46.1 Å². The summed E-state index contributed by atoms with van der Waals surface area (Å²) in [4.78, 5) is 12.5. The van der Waals surface area contributed by atoms with E-state index in [1.165, 1.54) is 7.11 Å². The Kier molecular flexibility index (Phi) is 6.88. The number of benzene rings is 1. The molecule has 5 nitrogen and oxygen atoms in total. The van der Waals surface area contributed by atoms with E-state index in [2.05, 4.69) is 5.48 Å². The van der Waals surface area contributed by atoms with Gasteiger partial charge in [0.15, 0.2) is 0 Å². The monoisotopic (exact) mass is 364 g/mol. The van der Waals surface area contributed by atoms with E-state index in [9.17, 15) is 10.0 Å². The predicted molar refractivity (Wildman–Crippen MR) is 104 cm³/mol. The Morgan fingerprint density at radius 2 is 1.96 bits per heavy atom. The average molecular weight is 365 g/mol. The number of methoxy groups -OCH3 is 1. The molecule has 1 atom stereocenters. The number of rotatable bonds is 7. The van der Waals surface area contributed by atoms with Crippen LogP contribution in [-0.2, 0) is 10.2 Å². The lowest BCUT2D eigenvalue weighted by Gasteiger charge is -2.43. The molecule has 6 heteroatoms. The van der Waals surface area contributed by atoms with Crippen molar-refractivity contribution in [1.29, 1.82) is 0 Å². The summed E-state index contributed by atoms with van der Waals surface area (Å²) in [7, 11) is 1.33. The molecule has 0 saturated heterocycles. The summed E-state index contributed by atoms with van der Waals surface area (Å²) in [6, 6.07) is 4.87. The molecule has 0 bridgehead atoms. The second kappa shape index (κ2) is 8.08. The molecule has 1 aromatic carbocycles. The van der Waals surface area contributed by atoms with Gasteiger partial charge in [0.2, 0.25) is 0 Å². The first kappa shape index (κ1) is 21.3. The number of ether oxygens (including phenoxy) is 1. The smallest absolute Gasteiger partial charge is 0.338 e. The van der Waals surface area contributed by atoms with Crippen LogP contribution in [0.25, 0.3) is 0 Å². The van der Waals surface area contributed by atoms with E-state index in [1.807, 2.05) is 52.8 Å². The van der Waals surface area contributed by atoms with E-state index in [-0.39, 0.29) is 16.4 Å². The van der Waals surface area contributed by atoms with Crippen LogP contribution in [0.3, 0.4) is 0 Å². The molecular weight excluding hydrogens is 336 g/mol. The van der Waals surface area contributed by atoms with Crippen LogP contribution in [0.2, 0.25) is 0 Å². The number of thiocarbonyl (C=S) groups is 1. The SMILES string of the molecule is CC=CC(C)(C)C(NO)C(C)(C)c1ccc(C(N)=S)cc1C(=O)OC. The summed E-state index contributed by atoms with van der Waals surface area (Å²) in [5, 5.41) is 9.87. The molecular formula is C19H28N2O3S. The zero-order chi connectivity index (χ0) is 19.4. The zero-order valence-electron chi connectivity index (χ0n) is 15.7. The van der Waals surface area contributed by atoms with Crippen molar-refractivity contribution in [3.8, 4) is 0 Å². The van der Waals surface area contributed by atoms with E-state index in [0.717, 1.165) is 5.56 Å². The molecule has 0 aliphatic carbocycles. The number of nitrogens with two attached hydrogens (primary N) is 1. The van der Waals surface area contributed by atoms with E-state index in [1.54, 1.807) is 12.1 Å². The quantitative estimate of drug-likeness (QED) is 0.298. The summed E-state index contributed by atoms with van der Waals surface area (Å²) in [5.74, 6) is -0.471. The molecule has 0 saturated carbocycles. The third-order valence-electron chi connectivity index (χ3n) is 4.59. The Labute approximate surface area is 155 Å². The van der Waals surface area contributed by atoms with Crippen LogP contribution in [0, 0.1) is 5.41 Å². The highest BCUT2D eigenvalue weighted by molar-refractivity contribution is 7.80. The van der Waals surface area contributed by atoms with Crippen molar-refractivity contribution in [1.82, 2.24) is 5.48 Å². The normalized spacial score (nSPS) is 13.7. The minimum Gasteiger partial charge on any atom is -0.465 e. The fourth-order valence-corrected chi connectivity index (χ4v) is 3.60. The lowest BCUT2D eigenvalue weighted by Crippen LogP contribution is -2.52. The fraction of sp³-hybridized carbons (Fsp3) is 0.474. The molecule has 4 N–H and O–H groups in total. The molecule has 0 spiro atoms. The second-order valence-corrected chi connectivity index (χ2v) is 7.66. The van der Waals surface area contributed by atoms with Crippen molar-refractivity contribution in [2.75, 3.05) is 7.11 Å². The van der Waals surface area contributed by atoms with Gasteiger partial charge in [-0.3, -0.25) is 0 Å². The van der Waals surface area contributed by atoms with E-state index < -0.39 is 11.4 Å². The van der Waals surface area contributed by atoms with Gasteiger partial charge in [0.1, 0.15) is 4.99 Å². The number of nitrogens with one attached hydrogen (secondary N) is 1. The Hall–Kier alpha value is -1.76. The maximum atomic E-state index is 12.3. The first-order valence-corrected chi connectivity index (χ1v) is 8.49. The molecule has 1 unspecified atom stereocenters. The number of hydrogen-bond donors (Lipinski definition) is 3. The van der Waals surface area contributed by atoms with Gasteiger partial charge in [-0.25, -0.2) is 10.3 Å². The molecule has 0 fully saturated rings. The number of hydroxylamine groups is 1. The zero-order valence-corrected chi connectivity index (χ0v) is 16.5. The number of carbonyl (C=O) groups excluding carboxylic acids is 1. The van der Waals surface area contributed by atoms with Gasteiger partial charge >= 0.3 is 5.97 Å². The van der Waals surface area contributed by atoms with Gasteiger partial charge in [-0.1, -0.05) is 64.2 Å². The fourth-order valence-electron chi connectivity index (χ4n) is 3.48. The van der Waals surface area contributed by atoms with Crippen molar-refractivity contribution in [3.63, 3.8) is 0 Å². The van der Waals surface area contributed by atoms with E-state index >= 15 is 0 Å². The lowest BCUT2D eigenvalue weighted by molar-refractivity contribution is 0.0434.